The van der Waals surface area contributed by atoms with Crippen LogP contribution in [0.3, 0.4) is 0 Å². The van der Waals surface area contributed by atoms with E-state index in [0.29, 0.717) is 13.2 Å². The summed E-state index contributed by atoms with van der Waals surface area (Å²) in [5.41, 5.74) is 4.89. The Hall–Kier alpha value is -5.36. The predicted molar refractivity (Wildman–Crippen MR) is 170 cm³/mol. The molecule has 0 aliphatic carbocycles. The van der Waals surface area contributed by atoms with Gasteiger partial charge in [-0.25, -0.2) is 0 Å². The van der Waals surface area contributed by atoms with Gasteiger partial charge in [-0.3, -0.25) is 0 Å². The summed E-state index contributed by atoms with van der Waals surface area (Å²) in [6, 6.07) is 40.1. The molecule has 0 radical (unpaired) electrons. The number of nitrogens with zero attached hydrogens (tertiary/aromatic N) is 4. The number of benzene rings is 6. The van der Waals surface area contributed by atoms with Gasteiger partial charge in [0.05, 0.1) is 36.0 Å². The normalized spacial score (nSPS) is 11.6. The lowest BCUT2D eigenvalue weighted by Crippen LogP contribution is -1.89. The first kappa shape index (κ1) is 26.8. The Kier molecular flexibility index (Phi) is 7.95. The maximum Gasteiger partial charge on any atom is 0.119 e. The fourth-order valence-corrected chi connectivity index (χ4v) is 4.99. The Balaban J connectivity index is 1.51. The molecule has 6 heteroatoms. The van der Waals surface area contributed by atoms with Crippen LogP contribution in [0.25, 0.3) is 32.7 Å². The zero-order chi connectivity index (χ0) is 28.7. The Morgan fingerprint density at radius 2 is 0.833 bits per heavy atom. The van der Waals surface area contributed by atoms with Gasteiger partial charge in [-0.2, -0.15) is 10.2 Å². The highest BCUT2D eigenvalue weighted by Gasteiger charge is 2.17. The summed E-state index contributed by atoms with van der Waals surface area (Å²) in [6.07, 6.45) is 0. The minimum absolute atomic E-state index is 0.616. The first-order valence-electron chi connectivity index (χ1n) is 14.1. The molecule has 0 fully saturated rings. The van der Waals surface area contributed by atoms with Gasteiger partial charge in [0.2, 0.25) is 0 Å². The lowest BCUT2D eigenvalue weighted by atomic mass is 9.91. The van der Waals surface area contributed by atoms with Gasteiger partial charge in [0, 0.05) is 11.1 Å². The zero-order valence-corrected chi connectivity index (χ0v) is 23.6. The lowest BCUT2D eigenvalue weighted by Gasteiger charge is -2.15. The monoisotopic (exact) mass is 550 g/mol. The molecule has 0 atom stereocenters. The van der Waals surface area contributed by atoms with Crippen molar-refractivity contribution >= 4 is 44.3 Å². The highest BCUT2D eigenvalue weighted by atomic mass is 16.5. The average Bonchev–Trinajstić information content (AvgIpc) is 3.04. The summed E-state index contributed by atoms with van der Waals surface area (Å²) < 4.78 is 11.2. The summed E-state index contributed by atoms with van der Waals surface area (Å²) in [5, 5.41) is 23.1. The summed E-state index contributed by atoms with van der Waals surface area (Å²) >= 11 is 0. The van der Waals surface area contributed by atoms with E-state index in [1.807, 2.05) is 98.8 Å². The molecule has 206 valence electrons. The SMILES string of the molecule is CCOc1ccc(N=Nc2ccc3ccccc3c2-c2c(N=Nc3ccc(OCC)cc3)ccc3ccccc23)cc1. The molecular weight excluding hydrogens is 520 g/mol. The minimum Gasteiger partial charge on any atom is -0.494 e. The van der Waals surface area contributed by atoms with E-state index >= 15 is 0 Å². The van der Waals surface area contributed by atoms with Crippen molar-refractivity contribution < 1.29 is 9.47 Å². The van der Waals surface area contributed by atoms with Crippen molar-refractivity contribution in [3.63, 3.8) is 0 Å². The van der Waals surface area contributed by atoms with Crippen LogP contribution in [0.5, 0.6) is 11.5 Å². The van der Waals surface area contributed by atoms with Gasteiger partial charge >= 0.3 is 0 Å². The molecule has 0 aromatic heterocycles. The molecule has 0 aliphatic rings. The van der Waals surface area contributed by atoms with Gasteiger partial charge in [0.15, 0.2) is 0 Å². The van der Waals surface area contributed by atoms with Crippen molar-refractivity contribution in [3.8, 4) is 22.6 Å². The van der Waals surface area contributed by atoms with Crippen molar-refractivity contribution in [2.75, 3.05) is 13.2 Å². The first-order valence-corrected chi connectivity index (χ1v) is 14.1. The van der Waals surface area contributed by atoms with Gasteiger partial charge in [-0.05, 0) is 96.1 Å². The molecule has 0 amide bonds. The van der Waals surface area contributed by atoms with Gasteiger partial charge in [-0.1, -0.05) is 60.7 Å². The number of azo groups is 2. The van der Waals surface area contributed by atoms with Crippen LogP contribution in [0.4, 0.5) is 22.7 Å². The van der Waals surface area contributed by atoms with Crippen molar-refractivity contribution in [3.05, 3.63) is 121 Å². The van der Waals surface area contributed by atoms with Crippen LogP contribution in [-0.4, -0.2) is 13.2 Å². The zero-order valence-electron chi connectivity index (χ0n) is 23.6. The Labute approximate surface area is 245 Å². The molecule has 0 saturated heterocycles. The van der Waals surface area contributed by atoms with E-state index in [9.17, 15) is 0 Å². The third-order valence-corrected chi connectivity index (χ3v) is 6.91. The molecule has 6 rings (SSSR count). The topological polar surface area (TPSA) is 67.9 Å². The Bertz CT molecular complexity index is 1750. The van der Waals surface area contributed by atoms with Crippen molar-refractivity contribution in [2.45, 2.75) is 13.8 Å². The largest absolute Gasteiger partial charge is 0.494 e. The van der Waals surface area contributed by atoms with E-state index in [0.717, 1.165) is 66.9 Å². The van der Waals surface area contributed by atoms with Crippen molar-refractivity contribution in [1.29, 1.82) is 0 Å². The number of hydrogen-bond acceptors (Lipinski definition) is 6. The van der Waals surface area contributed by atoms with Crippen molar-refractivity contribution in [2.24, 2.45) is 20.5 Å². The highest BCUT2D eigenvalue weighted by molar-refractivity contribution is 6.12. The van der Waals surface area contributed by atoms with Crippen LogP contribution in [0, 0.1) is 0 Å². The highest BCUT2D eigenvalue weighted by Crippen LogP contribution is 2.46. The van der Waals surface area contributed by atoms with E-state index in [2.05, 4.69) is 46.6 Å². The van der Waals surface area contributed by atoms with Crippen LogP contribution in [-0.2, 0) is 0 Å². The standard InChI is InChI=1S/C36H30N4O2/c1-3-41-29-19-15-27(16-20-29)37-39-33-23-13-25-9-5-7-11-31(25)35(33)36-32-12-8-6-10-26(32)14-24-34(36)40-38-28-17-21-30(22-18-28)42-4-2/h5-24H,3-4H2,1-2H3. The van der Waals surface area contributed by atoms with Gasteiger partial charge in [-0.15, -0.1) is 10.2 Å². The fourth-order valence-electron chi connectivity index (χ4n) is 4.99. The molecule has 0 bridgehead atoms. The molecular formula is C36H30N4O2. The second kappa shape index (κ2) is 12.4. The second-order valence-corrected chi connectivity index (χ2v) is 9.62. The van der Waals surface area contributed by atoms with E-state index in [-0.39, 0.29) is 0 Å². The van der Waals surface area contributed by atoms with Crippen LogP contribution in [0.1, 0.15) is 13.8 Å². The summed E-state index contributed by atoms with van der Waals surface area (Å²) in [5.74, 6) is 1.61. The Morgan fingerprint density at radius 3 is 1.24 bits per heavy atom. The molecule has 42 heavy (non-hydrogen) atoms. The fraction of sp³-hybridized carbons (Fsp3) is 0.111. The third kappa shape index (κ3) is 5.74. The maximum atomic E-state index is 5.58. The predicted octanol–water partition coefficient (Wildman–Crippen LogP) is 11.3. The molecule has 0 heterocycles. The van der Waals surface area contributed by atoms with E-state index < -0.39 is 0 Å². The number of fused-ring (bicyclic) bond motifs is 2. The van der Waals surface area contributed by atoms with Crippen LogP contribution < -0.4 is 9.47 Å². The minimum atomic E-state index is 0.616. The summed E-state index contributed by atoms with van der Waals surface area (Å²) in [7, 11) is 0. The van der Waals surface area contributed by atoms with E-state index in [4.69, 9.17) is 19.7 Å². The molecule has 6 aromatic carbocycles. The van der Waals surface area contributed by atoms with Crippen molar-refractivity contribution in [1.82, 2.24) is 0 Å². The molecule has 0 spiro atoms. The molecule has 6 nitrogen and oxygen atoms in total. The molecule has 0 aliphatic heterocycles. The lowest BCUT2D eigenvalue weighted by molar-refractivity contribution is 0.340. The van der Waals surface area contributed by atoms with Gasteiger partial charge in [0.25, 0.3) is 0 Å². The van der Waals surface area contributed by atoms with E-state index in [1.54, 1.807) is 0 Å². The average molecular weight is 551 g/mol. The van der Waals surface area contributed by atoms with Crippen LogP contribution in [0.2, 0.25) is 0 Å². The smallest absolute Gasteiger partial charge is 0.119 e. The van der Waals surface area contributed by atoms with Gasteiger partial charge < -0.3 is 9.47 Å². The number of ether oxygens (including phenoxy) is 2. The quantitative estimate of drug-likeness (QED) is 0.168. The van der Waals surface area contributed by atoms with E-state index in [1.165, 1.54) is 0 Å². The second-order valence-electron chi connectivity index (χ2n) is 9.62. The molecule has 6 aromatic rings. The number of hydrogen-bond donors (Lipinski definition) is 0. The third-order valence-electron chi connectivity index (χ3n) is 6.91. The number of rotatable bonds is 9. The summed E-state index contributed by atoms with van der Waals surface area (Å²) in [6.45, 7) is 5.16. The molecule has 0 saturated carbocycles. The summed E-state index contributed by atoms with van der Waals surface area (Å²) in [4.78, 5) is 0. The molecule has 0 unspecified atom stereocenters. The van der Waals surface area contributed by atoms with Crippen LogP contribution in [0.15, 0.2) is 142 Å². The Morgan fingerprint density at radius 1 is 0.429 bits per heavy atom. The molecule has 0 N–H and O–H groups in total. The maximum absolute atomic E-state index is 5.58. The first-order chi connectivity index (χ1) is 20.7. The van der Waals surface area contributed by atoms with Gasteiger partial charge in [0.1, 0.15) is 11.5 Å². The van der Waals surface area contributed by atoms with Crippen LogP contribution >= 0.6 is 0 Å².